The van der Waals surface area contributed by atoms with Gasteiger partial charge in [0.1, 0.15) is 0 Å². The fraction of sp³-hybridized carbons (Fsp3) is 0.121. The van der Waals surface area contributed by atoms with Gasteiger partial charge in [-0.25, -0.2) is 0 Å². The van der Waals surface area contributed by atoms with Crippen molar-refractivity contribution in [2.24, 2.45) is 0 Å². The molecular formula is C66H51NS. The molecule has 0 amide bonds. The summed E-state index contributed by atoms with van der Waals surface area (Å²) in [6.07, 6.45) is 0. The molecule has 2 heteroatoms. The number of thiophene rings is 1. The van der Waals surface area contributed by atoms with Crippen LogP contribution in [0.2, 0.25) is 0 Å². The molecular weight excluding hydrogens is 839 g/mol. The molecule has 0 saturated carbocycles. The van der Waals surface area contributed by atoms with Gasteiger partial charge in [0, 0.05) is 47.3 Å². The predicted molar refractivity (Wildman–Crippen MR) is 297 cm³/mol. The molecule has 2 aromatic heterocycles. The van der Waals surface area contributed by atoms with Gasteiger partial charge in [-0.15, -0.1) is 11.3 Å². The molecule has 13 aromatic rings. The van der Waals surface area contributed by atoms with Gasteiger partial charge < -0.3 is 4.57 Å². The number of benzene rings is 11. The van der Waals surface area contributed by atoms with E-state index in [1.54, 1.807) is 0 Å². The lowest BCUT2D eigenvalue weighted by molar-refractivity contribution is 0.590. The molecule has 0 atom stereocenters. The highest BCUT2D eigenvalue weighted by Gasteiger charge is 2.25. The second-order valence-electron chi connectivity index (χ2n) is 20.8. The third-order valence-electron chi connectivity index (χ3n) is 14.7. The summed E-state index contributed by atoms with van der Waals surface area (Å²) in [6.45, 7) is 13.9. The second kappa shape index (κ2) is 15.0. The van der Waals surface area contributed by atoms with Gasteiger partial charge in [0.25, 0.3) is 0 Å². The fourth-order valence-corrected chi connectivity index (χ4v) is 12.5. The molecule has 0 aliphatic carbocycles. The van der Waals surface area contributed by atoms with Crippen LogP contribution in [0.15, 0.2) is 200 Å². The van der Waals surface area contributed by atoms with Crippen LogP contribution in [0.25, 0.3) is 124 Å². The van der Waals surface area contributed by atoms with Crippen LogP contribution < -0.4 is 0 Å². The maximum atomic E-state index is 2.57. The third kappa shape index (κ3) is 6.13. The van der Waals surface area contributed by atoms with Crippen molar-refractivity contribution >= 4 is 96.4 Å². The predicted octanol–water partition coefficient (Wildman–Crippen LogP) is 19.4. The van der Waals surface area contributed by atoms with E-state index >= 15 is 0 Å². The van der Waals surface area contributed by atoms with E-state index < -0.39 is 0 Å². The van der Waals surface area contributed by atoms with Gasteiger partial charge in [-0.05, 0) is 118 Å². The number of nitrogens with zero attached hydrogens (tertiary/aromatic N) is 1. The maximum Gasteiger partial charge on any atom is 0.0619 e. The molecule has 13 rings (SSSR count). The van der Waals surface area contributed by atoms with Crippen molar-refractivity contribution in [3.05, 3.63) is 211 Å². The molecule has 0 fully saturated rings. The maximum absolute atomic E-state index is 2.57. The van der Waals surface area contributed by atoms with Crippen LogP contribution in [0, 0.1) is 0 Å². The lowest BCUT2D eigenvalue weighted by Gasteiger charge is -2.21. The number of aromatic nitrogens is 1. The Morgan fingerprint density at radius 2 is 0.765 bits per heavy atom. The van der Waals surface area contributed by atoms with Gasteiger partial charge in [-0.2, -0.15) is 0 Å². The zero-order valence-corrected chi connectivity index (χ0v) is 40.2. The number of hydrogen-bond acceptors (Lipinski definition) is 1. The van der Waals surface area contributed by atoms with Crippen LogP contribution in [0.1, 0.15) is 52.7 Å². The highest BCUT2D eigenvalue weighted by atomic mass is 32.1. The average molecular weight is 890 g/mol. The summed E-state index contributed by atoms with van der Waals surface area (Å²) in [5.74, 6) is 0. The van der Waals surface area contributed by atoms with Crippen molar-refractivity contribution in [1.29, 1.82) is 0 Å². The van der Waals surface area contributed by atoms with Crippen molar-refractivity contribution < 1.29 is 0 Å². The Morgan fingerprint density at radius 3 is 1.26 bits per heavy atom. The van der Waals surface area contributed by atoms with E-state index in [1.807, 2.05) is 11.3 Å². The Bertz CT molecular complexity index is 4020. The molecule has 68 heavy (non-hydrogen) atoms. The highest BCUT2D eigenvalue weighted by molar-refractivity contribution is 7.26. The fourth-order valence-electron chi connectivity index (χ4n) is 11.3. The Kier molecular flexibility index (Phi) is 8.98. The Labute approximate surface area is 401 Å². The van der Waals surface area contributed by atoms with E-state index in [0.29, 0.717) is 0 Å². The first-order valence-electron chi connectivity index (χ1n) is 24.0. The first kappa shape index (κ1) is 40.7. The van der Waals surface area contributed by atoms with Gasteiger partial charge in [0.05, 0.1) is 16.7 Å². The minimum atomic E-state index is 0.0252. The minimum absolute atomic E-state index is 0.0252. The van der Waals surface area contributed by atoms with E-state index in [4.69, 9.17) is 0 Å². The molecule has 0 unspecified atom stereocenters. The van der Waals surface area contributed by atoms with Crippen LogP contribution in [0.5, 0.6) is 0 Å². The zero-order valence-electron chi connectivity index (χ0n) is 39.4. The lowest BCUT2D eigenvalue weighted by atomic mass is 9.85. The van der Waals surface area contributed by atoms with Gasteiger partial charge in [-0.3, -0.25) is 0 Å². The van der Waals surface area contributed by atoms with E-state index in [-0.39, 0.29) is 10.8 Å². The third-order valence-corrected chi connectivity index (χ3v) is 15.9. The lowest BCUT2D eigenvalue weighted by Crippen LogP contribution is -2.10. The van der Waals surface area contributed by atoms with E-state index in [9.17, 15) is 0 Å². The summed E-state index contributed by atoms with van der Waals surface area (Å²) in [7, 11) is 0. The van der Waals surface area contributed by atoms with Crippen LogP contribution >= 0.6 is 11.3 Å². The van der Waals surface area contributed by atoms with E-state index in [0.717, 1.165) is 0 Å². The average Bonchev–Trinajstić information content (AvgIpc) is 3.89. The molecule has 11 aromatic carbocycles. The Morgan fingerprint density at radius 1 is 0.324 bits per heavy atom. The molecule has 0 radical (unpaired) electrons. The Balaban J connectivity index is 1.06. The SMILES string of the molecule is CC(C)(C)c1ccc2c(c1)c1cc(C(C)(C)C)ccc1n2-c1c2ccccc2c(-c2cccc3c2sc2ccc(-c4c5ccccc5c(-c5ccccc5)c5ccccc45)cc23)c2ccccc12. The zero-order chi connectivity index (χ0) is 46.1. The number of fused-ring (bicyclic) bond motifs is 10. The van der Waals surface area contributed by atoms with Crippen molar-refractivity contribution in [2.75, 3.05) is 0 Å². The van der Waals surface area contributed by atoms with Crippen molar-refractivity contribution in [3.8, 4) is 39.1 Å². The molecule has 0 spiro atoms. The Hall–Kier alpha value is -7.52. The molecule has 0 aliphatic heterocycles. The molecule has 0 aliphatic rings. The van der Waals surface area contributed by atoms with Crippen molar-refractivity contribution in [2.45, 2.75) is 52.4 Å². The van der Waals surface area contributed by atoms with Gasteiger partial charge in [0.15, 0.2) is 0 Å². The second-order valence-corrected chi connectivity index (χ2v) is 21.9. The van der Waals surface area contributed by atoms with Crippen LogP contribution in [0.4, 0.5) is 0 Å². The topological polar surface area (TPSA) is 4.93 Å². The van der Waals surface area contributed by atoms with Crippen molar-refractivity contribution in [3.63, 3.8) is 0 Å². The first-order valence-corrected chi connectivity index (χ1v) is 24.8. The molecule has 0 saturated heterocycles. The van der Waals surface area contributed by atoms with E-state index in [1.165, 1.54) is 135 Å². The van der Waals surface area contributed by atoms with Crippen LogP contribution in [0.3, 0.4) is 0 Å². The van der Waals surface area contributed by atoms with Gasteiger partial charge in [0.2, 0.25) is 0 Å². The summed E-state index contributed by atoms with van der Waals surface area (Å²) < 4.78 is 5.18. The number of hydrogen-bond donors (Lipinski definition) is 0. The normalized spacial score (nSPS) is 12.6. The van der Waals surface area contributed by atoms with E-state index in [2.05, 4.69) is 246 Å². The smallest absolute Gasteiger partial charge is 0.0619 e. The van der Waals surface area contributed by atoms with Gasteiger partial charge in [-0.1, -0.05) is 205 Å². The quantitative estimate of drug-likeness (QED) is 0.155. The number of rotatable bonds is 4. The molecule has 326 valence electrons. The molecule has 1 nitrogen and oxygen atoms in total. The first-order chi connectivity index (χ1) is 33.0. The molecule has 0 N–H and O–H groups in total. The van der Waals surface area contributed by atoms with Crippen molar-refractivity contribution in [1.82, 2.24) is 4.57 Å². The van der Waals surface area contributed by atoms with Crippen LogP contribution in [-0.2, 0) is 10.8 Å². The summed E-state index contributed by atoms with van der Waals surface area (Å²) in [5.41, 5.74) is 14.1. The highest BCUT2D eigenvalue weighted by Crippen LogP contribution is 2.50. The molecule has 2 heterocycles. The summed E-state index contributed by atoms with van der Waals surface area (Å²) in [4.78, 5) is 0. The summed E-state index contributed by atoms with van der Waals surface area (Å²) in [5, 5.41) is 15.3. The largest absolute Gasteiger partial charge is 0.308 e. The summed E-state index contributed by atoms with van der Waals surface area (Å²) in [6, 6.07) is 75.6. The standard InChI is InChI=1S/C66H51NS/c1-65(2,3)42-32-34-57-54(38-42)55-39-43(66(4,5)6)33-35-58(55)67(57)63-50-27-16-14-25-48(50)62(49-26-15-17-28-51(49)63)53-30-18-29-52-56-37-41(31-36-59(56)68-64(52)53)61-46-23-12-10-21-44(46)60(40-19-8-7-9-20-40)45-22-11-13-24-47(45)61/h7-39H,1-6H3. The monoisotopic (exact) mass is 889 g/mol. The summed E-state index contributed by atoms with van der Waals surface area (Å²) >= 11 is 1.92. The van der Waals surface area contributed by atoms with Gasteiger partial charge >= 0.3 is 0 Å². The van der Waals surface area contributed by atoms with Crippen LogP contribution in [-0.4, -0.2) is 4.57 Å². The minimum Gasteiger partial charge on any atom is -0.308 e. The molecule has 0 bridgehead atoms.